The number of nitrogens with one attached hydrogen (secondary N) is 1. The van der Waals surface area contributed by atoms with Gasteiger partial charge in [0.15, 0.2) is 0 Å². The van der Waals surface area contributed by atoms with E-state index in [1.165, 1.54) is 4.90 Å². The van der Waals surface area contributed by atoms with E-state index in [9.17, 15) is 34.4 Å². The topological polar surface area (TPSA) is 165 Å². The van der Waals surface area contributed by atoms with Crippen LogP contribution in [0.5, 0.6) is 0 Å². The Morgan fingerprint density at radius 1 is 1.26 bits per heavy atom. The number of carboxylic acid groups (broad SMARTS) is 1. The summed E-state index contributed by atoms with van der Waals surface area (Å²) >= 11 is 0.800. The summed E-state index contributed by atoms with van der Waals surface area (Å²) in [5.41, 5.74) is 0.766. The lowest BCUT2D eigenvalue weighted by molar-refractivity contribution is -0.757. The number of carboxylic acids is 1. The number of likely N-dealkylation sites (tertiary alicyclic amines) is 1. The van der Waals surface area contributed by atoms with Gasteiger partial charge in [-0.3, -0.25) is 9.59 Å². The number of hydrogen-bond acceptors (Lipinski definition) is 9. The number of hydrogen-bond donors (Lipinski definition) is 2. The molecule has 192 valence electrons. The van der Waals surface area contributed by atoms with E-state index in [1.54, 1.807) is 31.2 Å². The average Bonchev–Trinajstić information content (AvgIpc) is 3.32. The molecule has 1 aliphatic heterocycles. The number of carbonyl (C=O) groups is 4. The number of ether oxygens (including phenoxy) is 1. The first kappa shape index (κ1) is 27.9. The molecule has 35 heavy (non-hydrogen) atoms. The highest BCUT2D eigenvalue weighted by molar-refractivity contribution is 8.13. The minimum atomic E-state index is -1.16. The van der Waals surface area contributed by atoms with Crippen LogP contribution in [-0.2, 0) is 30.4 Å². The van der Waals surface area contributed by atoms with Gasteiger partial charge in [-0.25, -0.2) is 9.59 Å². The Bertz CT molecular complexity index is 899. The van der Waals surface area contributed by atoms with Crippen molar-refractivity contribution in [1.29, 1.82) is 0 Å². The summed E-state index contributed by atoms with van der Waals surface area (Å²) in [4.78, 5) is 64.9. The highest BCUT2D eigenvalue weighted by atomic mass is 32.2. The molecule has 0 aliphatic carbocycles. The minimum absolute atomic E-state index is 0.0515. The van der Waals surface area contributed by atoms with Crippen molar-refractivity contribution in [2.75, 3.05) is 25.5 Å². The van der Waals surface area contributed by atoms with E-state index in [4.69, 9.17) is 4.74 Å². The molecule has 2 amide bonds. The second kappa shape index (κ2) is 14.1. The standard InChI is InChI=1S/C22H29N3O9S/c1-15(14-35-22(30)33-11-6-12-34-25(31)32)20(27)24-10-5-9-18(24)19(26)23-17(21(28)29)13-16-7-3-2-4-8-16/h2-4,7-8,15,17-18H,5-6,9-14H2,1H3,(H,23,26)(H,28,29)/t15-,17-,18+/m1/s1. The van der Waals surface area contributed by atoms with Gasteiger partial charge in [0.1, 0.15) is 12.1 Å². The van der Waals surface area contributed by atoms with E-state index in [0.29, 0.717) is 19.4 Å². The molecule has 1 heterocycles. The van der Waals surface area contributed by atoms with Crippen molar-refractivity contribution in [2.45, 2.75) is 44.7 Å². The number of thioether (sulfide) groups is 1. The minimum Gasteiger partial charge on any atom is -0.480 e. The van der Waals surface area contributed by atoms with E-state index in [2.05, 4.69) is 10.2 Å². The first-order valence-corrected chi connectivity index (χ1v) is 12.1. The highest BCUT2D eigenvalue weighted by Gasteiger charge is 2.37. The lowest BCUT2D eigenvalue weighted by Crippen LogP contribution is -2.52. The van der Waals surface area contributed by atoms with Crippen molar-refractivity contribution in [3.05, 3.63) is 46.0 Å². The van der Waals surface area contributed by atoms with Crippen LogP contribution in [0.4, 0.5) is 4.79 Å². The second-order valence-electron chi connectivity index (χ2n) is 8.00. The van der Waals surface area contributed by atoms with Crippen LogP contribution in [-0.4, -0.2) is 75.8 Å². The number of aliphatic carboxylic acids is 1. The van der Waals surface area contributed by atoms with Gasteiger partial charge >= 0.3 is 11.3 Å². The zero-order valence-electron chi connectivity index (χ0n) is 19.3. The molecule has 1 saturated heterocycles. The summed E-state index contributed by atoms with van der Waals surface area (Å²) in [5, 5.41) is 20.6. The molecule has 0 spiro atoms. The molecule has 13 heteroatoms. The van der Waals surface area contributed by atoms with Crippen molar-refractivity contribution >= 4 is 34.8 Å². The number of carbonyl (C=O) groups excluding carboxylic acids is 3. The van der Waals surface area contributed by atoms with Crippen LogP contribution in [0, 0.1) is 16.0 Å². The summed E-state index contributed by atoms with van der Waals surface area (Å²) in [6, 6.07) is 7.03. The van der Waals surface area contributed by atoms with Gasteiger partial charge in [-0.1, -0.05) is 37.3 Å². The predicted molar refractivity (Wildman–Crippen MR) is 125 cm³/mol. The van der Waals surface area contributed by atoms with Crippen molar-refractivity contribution in [2.24, 2.45) is 5.92 Å². The Balaban J connectivity index is 1.83. The molecule has 0 unspecified atom stereocenters. The molecule has 1 fully saturated rings. The SMILES string of the molecule is C[C@H](CSC(=O)OCCCO[N+](=O)[O-])C(=O)N1CCC[C@H]1C(=O)N[C@H](Cc1ccccc1)C(=O)O. The Labute approximate surface area is 206 Å². The molecule has 0 saturated carbocycles. The lowest BCUT2D eigenvalue weighted by atomic mass is 10.1. The fraction of sp³-hybridized carbons (Fsp3) is 0.545. The molecule has 3 atom stereocenters. The van der Waals surface area contributed by atoms with Crippen LogP contribution >= 0.6 is 11.8 Å². The number of benzene rings is 1. The fourth-order valence-electron chi connectivity index (χ4n) is 3.56. The van der Waals surface area contributed by atoms with Crippen LogP contribution in [0.1, 0.15) is 31.7 Å². The highest BCUT2D eigenvalue weighted by Crippen LogP contribution is 2.22. The summed E-state index contributed by atoms with van der Waals surface area (Å²) in [6.07, 6.45) is 1.31. The maximum Gasteiger partial charge on any atom is 0.367 e. The fourth-order valence-corrected chi connectivity index (χ4v) is 4.26. The van der Waals surface area contributed by atoms with Gasteiger partial charge in [0, 0.05) is 31.1 Å². The van der Waals surface area contributed by atoms with Crippen LogP contribution in [0.2, 0.25) is 0 Å². The number of amides is 2. The van der Waals surface area contributed by atoms with Gasteiger partial charge < -0.3 is 24.9 Å². The summed E-state index contributed by atoms with van der Waals surface area (Å²) in [6.45, 7) is 1.76. The molecular formula is C22H29N3O9S. The van der Waals surface area contributed by atoms with Crippen molar-refractivity contribution in [3.63, 3.8) is 0 Å². The van der Waals surface area contributed by atoms with Gasteiger partial charge in [-0.15, -0.1) is 10.1 Å². The second-order valence-corrected chi connectivity index (χ2v) is 8.96. The van der Waals surface area contributed by atoms with Gasteiger partial charge in [-0.05, 0) is 30.2 Å². The third kappa shape index (κ3) is 9.43. The van der Waals surface area contributed by atoms with Gasteiger partial charge in [0.25, 0.3) is 5.09 Å². The largest absolute Gasteiger partial charge is 0.480 e. The Kier molecular flexibility index (Phi) is 11.3. The molecule has 0 radical (unpaired) electrons. The molecule has 1 aliphatic rings. The summed E-state index contributed by atoms with van der Waals surface area (Å²) in [5.74, 6) is -2.45. The number of rotatable bonds is 13. The molecule has 2 rings (SSSR count). The third-order valence-electron chi connectivity index (χ3n) is 5.31. The smallest absolute Gasteiger partial charge is 0.367 e. The van der Waals surface area contributed by atoms with E-state index < -0.39 is 40.3 Å². The quantitative estimate of drug-likeness (QED) is 0.173. The first-order valence-electron chi connectivity index (χ1n) is 11.1. The Morgan fingerprint density at radius 3 is 2.63 bits per heavy atom. The first-order chi connectivity index (χ1) is 16.7. The molecule has 1 aromatic carbocycles. The molecular weight excluding hydrogens is 482 g/mol. The average molecular weight is 512 g/mol. The van der Waals surface area contributed by atoms with Crippen molar-refractivity contribution < 1.29 is 38.9 Å². The van der Waals surface area contributed by atoms with E-state index in [0.717, 1.165) is 17.3 Å². The van der Waals surface area contributed by atoms with Crippen LogP contribution in [0.15, 0.2) is 30.3 Å². The molecule has 12 nitrogen and oxygen atoms in total. The summed E-state index contributed by atoms with van der Waals surface area (Å²) in [7, 11) is 0. The zero-order valence-corrected chi connectivity index (χ0v) is 20.1. The molecule has 1 aromatic rings. The molecule has 0 aromatic heterocycles. The van der Waals surface area contributed by atoms with E-state index in [1.807, 2.05) is 6.07 Å². The van der Waals surface area contributed by atoms with Crippen LogP contribution in [0.3, 0.4) is 0 Å². The maximum atomic E-state index is 12.9. The normalized spacial score (nSPS) is 16.7. The molecule has 2 N–H and O–H groups in total. The maximum absolute atomic E-state index is 12.9. The van der Waals surface area contributed by atoms with Crippen molar-refractivity contribution in [1.82, 2.24) is 10.2 Å². The van der Waals surface area contributed by atoms with Gasteiger partial charge in [0.2, 0.25) is 11.8 Å². The van der Waals surface area contributed by atoms with E-state index >= 15 is 0 Å². The van der Waals surface area contributed by atoms with Crippen molar-refractivity contribution in [3.8, 4) is 0 Å². The third-order valence-corrected chi connectivity index (χ3v) is 6.33. The van der Waals surface area contributed by atoms with Gasteiger partial charge in [0.05, 0.1) is 13.2 Å². The zero-order chi connectivity index (χ0) is 25.8. The van der Waals surface area contributed by atoms with Crippen LogP contribution < -0.4 is 5.32 Å². The molecule has 0 bridgehead atoms. The Morgan fingerprint density at radius 2 is 1.97 bits per heavy atom. The summed E-state index contributed by atoms with van der Waals surface area (Å²) < 4.78 is 4.93. The lowest BCUT2D eigenvalue weighted by Gasteiger charge is -2.27. The monoisotopic (exact) mass is 511 g/mol. The van der Waals surface area contributed by atoms with E-state index in [-0.39, 0.29) is 37.7 Å². The van der Waals surface area contributed by atoms with Gasteiger partial charge in [-0.2, -0.15) is 0 Å². The van der Waals surface area contributed by atoms with Crippen LogP contribution in [0.25, 0.3) is 0 Å². The predicted octanol–water partition coefficient (Wildman–Crippen LogP) is 1.89. The Hall–Kier alpha value is -3.35. The number of nitrogens with zero attached hydrogens (tertiary/aromatic N) is 2.